The van der Waals surface area contributed by atoms with E-state index < -0.39 is 17.5 Å². The molecule has 2 amide bonds. The Balaban J connectivity index is 1.72. The van der Waals surface area contributed by atoms with Gasteiger partial charge in [-0.25, -0.2) is 0 Å². The maximum absolute atomic E-state index is 13.9. The summed E-state index contributed by atoms with van der Waals surface area (Å²) >= 11 is 0. The van der Waals surface area contributed by atoms with Crippen LogP contribution in [0, 0.1) is 6.92 Å². The summed E-state index contributed by atoms with van der Waals surface area (Å²) in [5, 5.41) is 15.6. The molecule has 0 saturated carbocycles. The van der Waals surface area contributed by atoms with E-state index in [2.05, 4.69) is 25.7 Å². The molecule has 4 rings (SSSR count). The molecule has 196 valence electrons. The molecule has 0 spiro atoms. The average molecular weight is 514 g/mol. The molecule has 1 N–H and O–H groups in total. The molecule has 0 aliphatic carbocycles. The SMILES string of the molecule is COc1ccc(N(C(=O)Cn2nnc(-c3ccc(C)cc3)n2)[C@H](C(=O)NC(C)(C)C)c2ccncc2)cc1. The first kappa shape index (κ1) is 26.5. The number of methoxy groups -OCH3 is 1. The van der Waals surface area contributed by atoms with Crippen molar-refractivity contribution in [3.63, 3.8) is 0 Å². The number of anilines is 1. The van der Waals surface area contributed by atoms with Crippen LogP contribution in [0.25, 0.3) is 11.4 Å². The zero-order chi connectivity index (χ0) is 27.3. The maximum atomic E-state index is 13.9. The molecule has 0 fully saturated rings. The second kappa shape index (κ2) is 11.2. The van der Waals surface area contributed by atoms with Crippen LogP contribution in [0.4, 0.5) is 5.69 Å². The van der Waals surface area contributed by atoms with Gasteiger partial charge in [0.2, 0.25) is 11.7 Å². The van der Waals surface area contributed by atoms with Gasteiger partial charge in [-0.15, -0.1) is 10.2 Å². The number of aromatic nitrogens is 5. The van der Waals surface area contributed by atoms with Crippen molar-refractivity contribution in [2.45, 2.75) is 45.8 Å². The Morgan fingerprint density at radius 2 is 1.66 bits per heavy atom. The number of hydrogen-bond acceptors (Lipinski definition) is 7. The Morgan fingerprint density at radius 1 is 1.00 bits per heavy atom. The number of hydrogen-bond donors (Lipinski definition) is 1. The molecule has 0 radical (unpaired) electrons. The summed E-state index contributed by atoms with van der Waals surface area (Å²) in [5.41, 5.74) is 2.51. The number of rotatable bonds is 8. The normalized spacial score (nSPS) is 12.0. The fourth-order valence-corrected chi connectivity index (χ4v) is 3.91. The highest BCUT2D eigenvalue weighted by molar-refractivity contribution is 6.01. The van der Waals surface area contributed by atoms with E-state index in [0.29, 0.717) is 22.8 Å². The maximum Gasteiger partial charge on any atom is 0.251 e. The molecule has 2 heterocycles. The van der Waals surface area contributed by atoms with Crippen molar-refractivity contribution in [3.8, 4) is 17.1 Å². The highest BCUT2D eigenvalue weighted by atomic mass is 16.5. The predicted octanol–water partition coefficient (Wildman–Crippen LogP) is 3.74. The minimum absolute atomic E-state index is 0.227. The van der Waals surface area contributed by atoms with Crippen LogP contribution in [0.15, 0.2) is 73.1 Å². The zero-order valence-corrected chi connectivity index (χ0v) is 22.1. The van der Waals surface area contributed by atoms with Gasteiger partial charge in [-0.05, 0) is 74.9 Å². The third-order valence-corrected chi connectivity index (χ3v) is 5.69. The van der Waals surface area contributed by atoms with Gasteiger partial charge in [0.1, 0.15) is 18.3 Å². The van der Waals surface area contributed by atoms with E-state index in [1.807, 2.05) is 52.0 Å². The van der Waals surface area contributed by atoms with Crippen molar-refractivity contribution in [3.05, 3.63) is 84.2 Å². The molecule has 10 heteroatoms. The fourth-order valence-electron chi connectivity index (χ4n) is 3.91. The molecule has 2 aromatic heterocycles. The molecule has 0 aliphatic heterocycles. The molecular weight excluding hydrogens is 482 g/mol. The molecular formula is C28H31N7O3. The van der Waals surface area contributed by atoms with E-state index in [1.165, 1.54) is 9.70 Å². The Morgan fingerprint density at radius 3 is 2.26 bits per heavy atom. The molecule has 0 unspecified atom stereocenters. The third kappa shape index (κ3) is 6.39. The number of nitrogens with zero attached hydrogens (tertiary/aromatic N) is 6. The van der Waals surface area contributed by atoms with Gasteiger partial charge < -0.3 is 10.1 Å². The van der Waals surface area contributed by atoms with Crippen LogP contribution >= 0.6 is 0 Å². The van der Waals surface area contributed by atoms with E-state index in [4.69, 9.17) is 4.74 Å². The van der Waals surface area contributed by atoms with Gasteiger partial charge in [0, 0.05) is 29.2 Å². The van der Waals surface area contributed by atoms with Gasteiger partial charge in [-0.1, -0.05) is 29.8 Å². The van der Waals surface area contributed by atoms with Crippen LogP contribution in [0.1, 0.15) is 37.9 Å². The summed E-state index contributed by atoms with van der Waals surface area (Å²) < 4.78 is 5.29. The number of carbonyl (C=O) groups is 2. The highest BCUT2D eigenvalue weighted by Crippen LogP contribution is 2.30. The van der Waals surface area contributed by atoms with E-state index in [9.17, 15) is 9.59 Å². The molecule has 2 aromatic carbocycles. The van der Waals surface area contributed by atoms with Gasteiger partial charge >= 0.3 is 0 Å². The first-order valence-electron chi connectivity index (χ1n) is 12.2. The van der Waals surface area contributed by atoms with E-state index in [0.717, 1.165) is 11.1 Å². The lowest BCUT2D eigenvalue weighted by Gasteiger charge is -2.33. The lowest BCUT2D eigenvalue weighted by molar-refractivity contribution is -0.128. The Hall–Kier alpha value is -4.60. The van der Waals surface area contributed by atoms with Crippen LogP contribution in [0.5, 0.6) is 5.75 Å². The Kier molecular flexibility index (Phi) is 7.80. The highest BCUT2D eigenvalue weighted by Gasteiger charge is 2.35. The zero-order valence-electron chi connectivity index (χ0n) is 22.1. The lowest BCUT2D eigenvalue weighted by atomic mass is 10.0. The minimum Gasteiger partial charge on any atom is -0.497 e. The van der Waals surface area contributed by atoms with Crippen LogP contribution in [-0.2, 0) is 16.1 Å². The quantitative estimate of drug-likeness (QED) is 0.382. The fraction of sp³-hybridized carbons (Fsp3) is 0.286. The Bertz CT molecular complexity index is 1380. The van der Waals surface area contributed by atoms with Crippen molar-refractivity contribution in [1.29, 1.82) is 0 Å². The van der Waals surface area contributed by atoms with Gasteiger partial charge in [0.15, 0.2) is 0 Å². The molecule has 0 aliphatic rings. The molecule has 1 atom stereocenters. The smallest absolute Gasteiger partial charge is 0.251 e. The standard InChI is InChI=1S/C28H31N7O3/c1-19-6-8-21(9-7-19)26-31-33-34(32-26)18-24(36)35(22-10-12-23(38-5)13-11-22)25(20-14-16-29-17-15-20)27(37)30-28(2,3)4/h6-17,25H,18H2,1-5H3,(H,30,37)/t25-/m0/s1. The van der Waals surface area contributed by atoms with E-state index in [-0.39, 0.29) is 12.5 Å². The largest absolute Gasteiger partial charge is 0.497 e. The van der Waals surface area contributed by atoms with Crippen LogP contribution in [-0.4, -0.2) is 49.7 Å². The summed E-state index contributed by atoms with van der Waals surface area (Å²) in [5.74, 6) is 0.306. The molecule has 10 nitrogen and oxygen atoms in total. The van der Waals surface area contributed by atoms with E-state index >= 15 is 0 Å². The van der Waals surface area contributed by atoms with E-state index in [1.54, 1.807) is 55.9 Å². The first-order chi connectivity index (χ1) is 18.1. The summed E-state index contributed by atoms with van der Waals surface area (Å²) in [6.45, 7) is 7.44. The molecule has 38 heavy (non-hydrogen) atoms. The second-order valence-corrected chi connectivity index (χ2v) is 9.89. The molecule has 0 bridgehead atoms. The minimum atomic E-state index is -0.974. The second-order valence-electron chi connectivity index (χ2n) is 9.89. The summed E-state index contributed by atoms with van der Waals surface area (Å²) in [4.78, 5) is 34.3. The number of aryl methyl sites for hydroxylation is 1. The number of pyridine rings is 1. The first-order valence-corrected chi connectivity index (χ1v) is 12.2. The predicted molar refractivity (Wildman–Crippen MR) is 143 cm³/mol. The lowest BCUT2D eigenvalue weighted by Crippen LogP contribution is -2.50. The van der Waals surface area contributed by atoms with Gasteiger partial charge in [-0.2, -0.15) is 4.80 Å². The van der Waals surface area contributed by atoms with Crippen LogP contribution in [0.2, 0.25) is 0 Å². The number of carbonyl (C=O) groups excluding carboxylic acids is 2. The number of amides is 2. The van der Waals surface area contributed by atoms with Crippen molar-refractivity contribution in [1.82, 2.24) is 30.5 Å². The van der Waals surface area contributed by atoms with Crippen molar-refractivity contribution in [2.24, 2.45) is 0 Å². The number of nitrogens with one attached hydrogen (secondary N) is 1. The molecule has 0 saturated heterocycles. The van der Waals surface area contributed by atoms with Crippen LogP contribution in [0.3, 0.4) is 0 Å². The monoisotopic (exact) mass is 513 g/mol. The average Bonchev–Trinajstić information content (AvgIpc) is 3.35. The topological polar surface area (TPSA) is 115 Å². The number of benzene rings is 2. The molecule has 4 aromatic rings. The number of ether oxygens (including phenoxy) is 1. The van der Waals surface area contributed by atoms with Crippen molar-refractivity contribution < 1.29 is 14.3 Å². The van der Waals surface area contributed by atoms with Gasteiger partial charge in [-0.3, -0.25) is 19.5 Å². The summed E-state index contributed by atoms with van der Waals surface area (Å²) in [6.07, 6.45) is 3.19. The Labute approximate surface area is 221 Å². The third-order valence-electron chi connectivity index (χ3n) is 5.69. The van der Waals surface area contributed by atoms with Crippen molar-refractivity contribution >= 4 is 17.5 Å². The summed E-state index contributed by atoms with van der Waals surface area (Å²) in [6, 6.07) is 17.1. The van der Waals surface area contributed by atoms with Gasteiger partial charge in [0.05, 0.1) is 7.11 Å². The van der Waals surface area contributed by atoms with Crippen molar-refractivity contribution in [2.75, 3.05) is 12.0 Å². The summed E-state index contributed by atoms with van der Waals surface area (Å²) in [7, 11) is 1.57. The number of tetrazole rings is 1. The van der Waals surface area contributed by atoms with Gasteiger partial charge in [0.25, 0.3) is 5.91 Å². The van der Waals surface area contributed by atoms with Crippen LogP contribution < -0.4 is 15.0 Å².